The largest absolute Gasteiger partial charge is 0.496 e. The summed E-state index contributed by atoms with van der Waals surface area (Å²) in [6.07, 6.45) is 11.0. The van der Waals surface area contributed by atoms with Crippen LogP contribution in [-0.2, 0) is 4.79 Å². The van der Waals surface area contributed by atoms with Gasteiger partial charge in [-0.25, -0.2) is 0 Å². The summed E-state index contributed by atoms with van der Waals surface area (Å²) in [5.74, 6) is 0.895. The zero-order chi connectivity index (χ0) is 16.7. The van der Waals surface area contributed by atoms with Crippen LogP contribution in [0, 0.1) is 26.7 Å². The summed E-state index contributed by atoms with van der Waals surface area (Å²) in [5.41, 5.74) is 5.99. The molecule has 0 N–H and O–H groups in total. The topological polar surface area (TPSA) is 26.3 Å². The van der Waals surface area contributed by atoms with Gasteiger partial charge in [0.2, 0.25) is 0 Å². The van der Waals surface area contributed by atoms with Crippen LogP contribution < -0.4 is 4.74 Å². The number of allylic oxidation sites excluding steroid dienone is 5. The van der Waals surface area contributed by atoms with Crippen molar-refractivity contribution in [1.82, 2.24) is 0 Å². The predicted octanol–water partition coefficient (Wildman–Crippen LogP) is 4.97. The van der Waals surface area contributed by atoms with Crippen LogP contribution in [0.5, 0.6) is 5.75 Å². The smallest absolute Gasteiger partial charge is 0.126 e. The van der Waals surface area contributed by atoms with Gasteiger partial charge in [0.15, 0.2) is 0 Å². The van der Waals surface area contributed by atoms with Crippen LogP contribution in [0.3, 0.4) is 0 Å². The number of aldehydes is 1. The van der Waals surface area contributed by atoms with Gasteiger partial charge in [0, 0.05) is 5.92 Å². The van der Waals surface area contributed by atoms with Crippen LogP contribution in [-0.4, -0.2) is 13.4 Å². The zero-order valence-corrected chi connectivity index (χ0v) is 14.4. The SMILES string of the molecule is COc1cc(C)c(/C=C/C(C)=C/C=CC(C)C=O)c(C)c1C. The molecule has 1 aromatic carbocycles. The van der Waals surface area contributed by atoms with E-state index in [9.17, 15) is 4.79 Å². The van der Waals surface area contributed by atoms with Gasteiger partial charge >= 0.3 is 0 Å². The lowest BCUT2D eigenvalue weighted by Gasteiger charge is -2.13. The summed E-state index contributed by atoms with van der Waals surface area (Å²) >= 11 is 0. The van der Waals surface area contributed by atoms with Crippen LogP contribution in [0.2, 0.25) is 0 Å². The number of carbonyl (C=O) groups is 1. The molecule has 0 aliphatic rings. The predicted molar refractivity (Wildman–Crippen MR) is 94.4 cm³/mol. The molecule has 0 amide bonds. The van der Waals surface area contributed by atoms with Crippen molar-refractivity contribution in [3.05, 3.63) is 58.2 Å². The number of rotatable bonds is 6. The van der Waals surface area contributed by atoms with Gasteiger partial charge in [-0.15, -0.1) is 0 Å². The molecule has 0 aliphatic carbocycles. The summed E-state index contributed by atoms with van der Waals surface area (Å²) in [4.78, 5) is 10.6. The van der Waals surface area contributed by atoms with Crippen molar-refractivity contribution in [1.29, 1.82) is 0 Å². The second kappa shape index (κ2) is 8.38. The van der Waals surface area contributed by atoms with Crippen LogP contribution >= 0.6 is 0 Å². The minimum atomic E-state index is -0.0400. The van der Waals surface area contributed by atoms with Gasteiger partial charge < -0.3 is 9.53 Å². The minimum Gasteiger partial charge on any atom is -0.496 e. The number of methoxy groups -OCH3 is 1. The van der Waals surface area contributed by atoms with Crippen molar-refractivity contribution in [2.75, 3.05) is 7.11 Å². The van der Waals surface area contributed by atoms with E-state index in [-0.39, 0.29) is 5.92 Å². The fraction of sp³-hybridized carbons (Fsp3) is 0.350. The van der Waals surface area contributed by atoms with Gasteiger partial charge in [-0.2, -0.15) is 0 Å². The fourth-order valence-corrected chi connectivity index (χ4v) is 2.23. The van der Waals surface area contributed by atoms with E-state index in [1.165, 1.54) is 22.3 Å². The first-order valence-electron chi connectivity index (χ1n) is 7.54. The van der Waals surface area contributed by atoms with Gasteiger partial charge in [0.05, 0.1) is 7.11 Å². The Bertz CT molecular complexity index is 619. The lowest BCUT2D eigenvalue weighted by atomic mass is 9.96. The molecule has 0 radical (unpaired) electrons. The fourth-order valence-electron chi connectivity index (χ4n) is 2.23. The molecule has 0 aromatic heterocycles. The minimum absolute atomic E-state index is 0.0400. The molecule has 2 heteroatoms. The number of aryl methyl sites for hydroxylation is 1. The van der Waals surface area contributed by atoms with Crippen molar-refractivity contribution in [3.63, 3.8) is 0 Å². The molecule has 2 nitrogen and oxygen atoms in total. The molecular weight excluding hydrogens is 272 g/mol. The Morgan fingerprint density at radius 1 is 1.23 bits per heavy atom. The highest BCUT2D eigenvalue weighted by molar-refractivity contribution is 5.64. The third-order valence-electron chi connectivity index (χ3n) is 3.83. The normalized spacial score (nSPS) is 13.8. The summed E-state index contributed by atoms with van der Waals surface area (Å²) in [6, 6.07) is 2.08. The Kier molecular flexibility index (Phi) is 6.84. The maximum Gasteiger partial charge on any atom is 0.126 e. The first kappa shape index (κ1) is 18.0. The van der Waals surface area contributed by atoms with Gasteiger partial charge in [-0.05, 0) is 56.0 Å². The molecule has 0 bridgehead atoms. The molecule has 118 valence electrons. The summed E-state index contributed by atoms with van der Waals surface area (Å²) < 4.78 is 5.40. The zero-order valence-electron chi connectivity index (χ0n) is 14.4. The Morgan fingerprint density at radius 2 is 1.91 bits per heavy atom. The summed E-state index contributed by atoms with van der Waals surface area (Å²) in [6.45, 7) is 10.2. The van der Waals surface area contributed by atoms with Crippen LogP contribution in [0.25, 0.3) is 6.08 Å². The number of hydrogen-bond acceptors (Lipinski definition) is 2. The van der Waals surface area contributed by atoms with E-state index in [1.807, 2.05) is 32.1 Å². The number of hydrogen-bond donors (Lipinski definition) is 0. The lowest BCUT2D eigenvalue weighted by molar-refractivity contribution is -0.109. The summed E-state index contributed by atoms with van der Waals surface area (Å²) in [7, 11) is 1.70. The molecule has 0 spiro atoms. The van der Waals surface area contributed by atoms with E-state index in [2.05, 4.69) is 39.0 Å². The van der Waals surface area contributed by atoms with Gasteiger partial charge in [-0.1, -0.05) is 42.9 Å². The van der Waals surface area contributed by atoms with E-state index in [4.69, 9.17) is 4.74 Å². The second-order valence-corrected chi connectivity index (χ2v) is 5.68. The van der Waals surface area contributed by atoms with Crippen LogP contribution in [0.1, 0.15) is 36.1 Å². The maximum absolute atomic E-state index is 10.6. The second-order valence-electron chi connectivity index (χ2n) is 5.68. The third kappa shape index (κ3) is 4.73. The molecule has 0 aliphatic heterocycles. The van der Waals surface area contributed by atoms with Crippen LogP contribution in [0.4, 0.5) is 0 Å². The van der Waals surface area contributed by atoms with E-state index in [0.29, 0.717) is 0 Å². The number of ether oxygens (including phenoxy) is 1. The van der Waals surface area contributed by atoms with Gasteiger partial charge in [0.25, 0.3) is 0 Å². The third-order valence-corrected chi connectivity index (χ3v) is 3.83. The molecular formula is C20H26O2. The van der Waals surface area contributed by atoms with E-state index in [0.717, 1.165) is 17.6 Å². The lowest BCUT2D eigenvalue weighted by Crippen LogP contribution is -1.95. The first-order chi connectivity index (χ1) is 10.4. The summed E-state index contributed by atoms with van der Waals surface area (Å²) in [5, 5.41) is 0. The number of carbonyl (C=O) groups excluding carboxylic acids is 1. The first-order valence-corrected chi connectivity index (χ1v) is 7.54. The van der Waals surface area contributed by atoms with Gasteiger partial charge in [0.1, 0.15) is 12.0 Å². The highest BCUT2D eigenvalue weighted by Gasteiger charge is 2.08. The highest BCUT2D eigenvalue weighted by Crippen LogP contribution is 2.28. The number of benzene rings is 1. The van der Waals surface area contributed by atoms with Crippen molar-refractivity contribution < 1.29 is 9.53 Å². The maximum atomic E-state index is 10.6. The molecule has 0 heterocycles. The standard InChI is InChI=1S/C20H26O2/c1-14(8-7-9-15(2)13-21)10-11-19-16(3)12-20(22-6)18(5)17(19)4/h7-13,15H,1-6H3/b9-7?,11-10+,14-8+. The molecule has 1 aromatic rings. The average molecular weight is 298 g/mol. The van der Waals surface area contributed by atoms with Crippen molar-refractivity contribution in [3.8, 4) is 5.75 Å². The Balaban J connectivity index is 3.00. The molecule has 1 atom stereocenters. The molecule has 1 rings (SSSR count). The molecule has 0 saturated carbocycles. The van der Waals surface area contributed by atoms with E-state index in [1.54, 1.807) is 7.11 Å². The van der Waals surface area contributed by atoms with E-state index < -0.39 is 0 Å². The highest BCUT2D eigenvalue weighted by atomic mass is 16.5. The average Bonchev–Trinajstić information content (AvgIpc) is 2.50. The molecule has 0 fully saturated rings. The molecule has 1 unspecified atom stereocenters. The van der Waals surface area contributed by atoms with Crippen molar-refractivity contribution in [2.45, 2.75) is 34.6 Å². The van der Waals surface area contributed by atoms with Crippen LogP contribution in [0.15, 0.2) is 35.9 Å². The molecule has 22 heavy (non-hydrogen) atoms. The van der Waals surface area contributed by atoms with Crippen molar-refractivity contribution in [2.24, 2.45) is 5.92 Å². The Morgan fingerprint density at radius 3 is 2.50 bits per heavy atom. The van der Waals surface area contributed by atoms with E-state index >= 15 is 0 Å². The quantitative estimate of drug-likeness (QED) is 0.547. The monoisotopic (exact) mass is 298 g/mol. The Labute approximate surface area is 134 Å². The molecule has 0 saturated heterocycles. The van der Waals surface area contributed by atoms with Gasteiger partial charge in [-0.3, -0.25) is 0 Å². The Hall–Kier alpha value is -2.09. The van der Waals surface area contributed by atoms with Crippen molar-refractivity contribution >= 4 is 12.4 Å².